The summed E-state index contributed by atoms with van der Waals surface area (Å²) in [6, 6.07) is 7.83. The van der Waals surface area contributed by atoms with Crippen molar-refractivity contribution in [2.75, 3.05) is 17.7 Å². The van der Waals surface area contributed by atoms with Crippen LogP contribution in [0, 0.1) is 0 Å². The number of aromatic nitrogens is 6. The smallest absolute Gasteiger partial charge is 0.226 e. The van der Waals surface area contributed by atoms with Crippen molar-refractivity contribution in [2.24, 2.45) is 0 Å². The number of rotatable bonds is 7. The lowest BCUT2D eigenvalue weighted by Gasteiger charge is -2.17. The van der Waals surface area contributed by atoms with E-state index >= 15 is 0 Å². The third kappa shape index (κ3) is 4.25. The van der Waals surface area contributed by atoms with Gasteiger partial charge in [-0.05, 0) is 30.7 Å². The zero-order valence-corrected chi connectivity index (χ0v) is 19.0. The number of imidazole rings is 2. The first-order chi connectivity index (χ1) is 15.9. The molecule has 3 unspecified atom stereocenters. The van der Waals surface area contributed by atoms with E-state index in [9.17, 15) is 15.3 Å². The Hall–Kier alpha value is -2.48. The van der Waals surface area contributed by atoms with Gasteiger partial charge in [0.15, 0.2) is 28.4 Å². The first-order valence-corrected chi connectivity index (χ1v) is 11.7. The minimum Gasteiger partial charge on any atom is -0.394 e. The molecule has 1 aliphatic rings. The highest BCUT2D eigenvalue weighted by Gasteiger charge is 2.44. The molecule has 11 nitrogen and oxygen atoms in total. The first-order valence-electron chi connectivity index (χ1n) is 10.3. The highest BCUT2D eigenvalue weighted by Crippen LogP contribution is 2.33. The maximum absolute atomic E-state index is 10.4. The summed E-state index contributed by atoms with van der Waals surface area (Å²) < 4.78 is 7.07. The third-order valence-corrected chi connectivity index (χ3v) is 6.71. The van der Waals surface area contributed by atoms with Crippen LogP contribution in [0.4, 0.5) is 5.82 Å². The molecule has 1 aliphatic heterocycles. The summed E-state index contributed by atoms with van der Waals surface area (Å²) >= 11 is 7.74. The average molecular weight is 492 g/mol. The topological polar surface area (TPSA) is 154 Å². The number of nitrogens with zero attached hydrogens (tertiary/aromatic N) is 5. The minimum atomic E-state index is -1.26. The van der Waals surface area contributed by atoms with E-state index in [4.69, 9.17) is 16.3 Å². The molecule has 1 aromatic carbocycles. The van der Waals surface area contributed by atoms with Crippen molar-refractivity contribution >= 4 is 51.4 Å². The Labute approximate surface area is 197 Å². The summed E-state index contributed by atoms with van der Waals surface area (Å²) in [6.45, 7) is 1.57. The quantitative estimate of drug-likeness (QED) is 0.190. The molecule has 0 bridgehead atoms. The molecule has 0 amide bonds. The van der Waals surface area contributed by atoms with Gasteiger partial charge in [-0.1, -0.05) is 23.9 Å². The number of fused-ring (bicyclic) bond motifs is 2. The van der Waals surface area contributed by atoms with Crippen LogP contribution < -0.4 is 5.32 Å². The van der Waals surface area contributed by atoms with Crippen molar-refractivity contribution in [3.8, 4) is 0 Å². The molecule has 3 aromatic heterocycles. The van der Waals surface area contributed by atoms with Crippen molar-refractivity contribution in [1.29, 1.82) is 0 Å². The number of aliphatic hydroxyl groups excluding tert-OH is 3. The second kappa shape index (κ2) is 9.05. The normalized spacial score (nSPS) is 24.0. The maximum Gasteiger partial charge on any atom is 0.226 e. The average Bonchev–Trinajstić information content (AvgIpc) is 3.48. The Morgan fingerprint density at radius 3 is 2.82 bits per heavy atom. The van der Waals surface area contributed by atoms with Crippen LogP contribution in [0.15, 0.2) is 35.7 Å². The molecule has 174 valence electrons. The summed E-state index contributed by atoms with van der Waals surface area (Å²) in [5, 5.41) is 33.9. The van der Waals surface area contributed by atoms with E-state index in [-0.39, 0.29) is 11.3 Å². The standard InChI is InChI=1S/C20H22ClN7O4S/c1-9(7-33-20-24-10-4-2-3-5-11(10)25-20)23-16-13-17(27-19(21)26-16)28(8-22-13)18-15(31)14(30)12(6-29)32-18/h2-5,8-9,12,14-15,18,29-31H,6-7H2,1H3,(H,24,25)(H,23,26,27)/t9?,12-,14?,15?,18-/m1/s1. The SMILES string of the molecule is CC(CSc1nc2ccccc2[nH]1)Nc1nc(Cl)nc2c1ncn2[C@@H]1O[C@H](CO)C(O)C1O. The second-order valence-corrected chi connectivity index (χ2v) is 9.16. The number of anilines is 1. The zero-order valence-electron chi connectivity index (χ0n) is 17.5. The molecule has 0 spiro atoms. The molecule has 1 fully saturated rings. The summed E-state index contributed by atoms with van der Waals surface area (Å²) in [6.07, 6.45) is -2.93. The first kappa shape index (κ1) is 22.3. The lowest BCUT2D eigenvalue weighted by molar-refractivity contribution is -0.0511. The summed E-state index contributed by atoms with van der Waals surface area (Å²) in [5.74, 6) is 1.13. The Bertz CT molecular complexity index is 1250. The molecule has 33 heavy (non-hydrogen) atoms. The molecule has 1 saturated heterocycles. The molecule has 4 heterocycles. The van der Waals surface area contributed by atoms with Crippen LogP contribution in [-0.2, 0) is 4.74 Å². The minimum absolute atomic E-state index is 0.00405. The number of hydrogen-bond acceptors (Lipinski definition) is 10. The van der Waals surface area contributed by atoms with Crippen LogP contribution in [0.1, 0.15) is 13.2 Å². The lowest BCUT2D eigenvalue weighted by Crippen LogP contribution is -2.33. The van der Waals surface area contributed by atoms with Crippen LogP contribution in [-0.4, -0.2) is 81.5 Å². The van der Waals surface area contributed by atoms with Gasteiger partial charge in [-0.2, -0.15) is 9.97 Å². The van der Waals surface area contributed by atoms with E-state index in [2.05, 4.69) is 30.2 Å². The van der Waals surface area contributed by atoms with E-state index < -0.39 is 31.1 Å². The molecule has 0 saturated carbocycles. The Balaban J connectivity index is 1.34. The number of nitrogens with one attached hydrogen (secondary N) is 2. The fourth-order valence-electron chi connectivity index (χ4n) is 3.76. The highest BCUT2D eigenvalue weighted by atomic mass is 35.5. The molecule has 5 rings (SSSR count). The molecular formula is C20H22ClN7O4S. The number of ether oxygens (including phenoxy) is 1. The van der Waals surface area contributed by atoms with Crippen molar-refractivity contribution in [2.45, 2.75) is 42.7 Å². The van der Waals surface area contributed by atoms with Gasteiger partial charge in [0.25, 0.3) is 0 Å². The number of halogens is 1. The van der Waals surface area contributed by atoms with Crippen molar-refractivity contribution < 1.29 is 20.1 Å². The van der Waals surface area contributed by atoms with Crippen LogP contribution in [0.5, 0.6) is 0 Å². The summed E-state index contributed by atoms with van der Waals surface area (Å²) in [7, 11) is 0. The van der Waals surface area contributed by atoms with Gasteiger partial charge in [-0.25, -0.2) is 9.97 Å². The summed E-state index contributed by atoms with van der Waals surface area (Å²) in [4.78, 5) is 20.7. The van der Waals surface area contributed by atoms with Crippen LogP contribution in [0.2, 0.25) is 5.28 Å². The molecule has 0 radical (unpaired) electrons. The van der Waals surface area contributed by atoms with Crippen molar-refractivity contribution in [1.82, 2.24) is 29.5 Å². The van der Waals surface area contributed by atoms with Gasteiger partial charge in [0.2, 0.25) is 5.28 Å². The van der Waals surface area contributed by atoms with Crippen molar-refractivity contribution in [3.63, 3.8) is 0 Å². The molecule has 5 atom stereocenters. The number of hydrogen-bond donors (Lipinski definition) is 5. The van der Waals surface area contributed by atoms with Crippen LogP contribution in [0.25, 0.3) is 22.2 Å². The van der Waals surface area contributed by atoms with E-state index in [0.29, 0.717) is 22.7 Å². The van der Waals surface area contributed by atoms with Gasteiger partial charge >= 0.3 is 0 Å². The lowest BCUT2D eigenvalue weighted by atomic mass is 10.1. The van der Waals surface area contributed by atoms with Crippen molar-refractivity contribution in [3.05, 3.63) is 35.9 Å². The van der Waals surface area contributed by atoms with Crippen LogP contribution in [0.3, 0.4) is 0 Å². The molecule has 13 heteroatoms. The van der Waals surface area contributed by atoms with Gasteiger partial charge in [0.05, 0.1) is 24.0 Å². The molecule has 4 aromatic rings. The summed E-state index contributed by atoms with van der Waals surface area (Å²) in [5.41, 5.74) is 2.68. The Morgan fingerprint density at radius 1 is 1.24 bits per heavy atom. The second-order valence-electron chi connectivity index (χ2n) is 7.81. The fourth-order valence-corrected chi connectivity index (χ4v) is 4.76. The highest BCUT2D eigenvalue weighted by molar-refractivity contribution is 7.99. The predicted octanol–water partition coefficient (Wildman–Crippen LogP) is 1.56. The largest absolute Gasteiger partial charge is 0.394 e. The number of para-hydroxylation sites is 2. The number of benzene rings is 1. The predicted molar refractivity (Wildman–Crippen MR) is 123 cm³/mol. The number of aliphatic hydroxyl groups is 3. The fraction of sp³-hybridized carbons (Fsp3) is 0.400. The van der Waals surface area contributed by atoms with Gasteiger partial charge < -0.3 is 30.4 Å². The monoisotopic (exact) mass is 491 g/mol. The van der Waals surface area contributed by atoms with Gasteiger partial charge in [0.1, 0.15) is 18.3 Å². The maximum atomic E-state index is 10.4. The van der Waals surface area contributed by atoms with Crippen LogP contribution >= 0.6 is 23.4 Å². The van der Waals surface area contributed by atoms with E-state index in [0.717, 1.165) is 16.2 Å². The van der Waals surface area contributed by atoms with E-state index in [1.54, 1.807) is 11.8 Å². The van der Waals surface area contributed by atoms with Gasteiger partial charge in [-0.3, -0.25) is 4.57 Å². The van der Waals surface area contributed by atoms with Gasteiger partial charge in [-0.15, -0.1) is 0 Å². The Morgan fingerprint density at radius 2 is 2.06 bits per heavy atom. The van der Waals surface area contributed by atoms with Gasteiger partial charge in [0, 0.05) is 11.8 Å². The zero-order chi connectivity index (χ0) is 23.1. The number of thioether (sulfide) groups is 1. The molecule has 0 aliphatic carbocycles. The molecular weight excluding hydrogens is 470 g/mol. The number of aromatic amines is 1. The third-order valence-electron chi connectivity index (χ3n) is 5.41. The molecule has 5 N–H and O–H groups in total. The van der Waals surface area contributed by atoms with E-state index in [1.165, 1.54) is 10.9 Å². The number of H-pyrrole nitrogens is 1. The van der Waals surface area contributed by atoms with E-state index in [1.807, 2.05) is 31.2 Å². The Kier molecular flexibility index (Phi) is 6.12.